The topological polar surface area (TPSA) is 15.8 Å². The highest BCUT2D eigenvalue weighted by Crippen LogP contribution is 2.37. The summed E-state index contributed by atoms with van der Waals surface area (Å²) in [4.78, 5) is 3.64. The Morgan fingerprint density at radius 2 is 1.68 bits per heavy atom. The van der Waals surface area contributed by atoms with Gasteiger partial charge in [0.05, 0.1) is 5.69 Å². The molecule has 1 aliphatic carbocycles. The molecule has 110 valence electrons. The number of fused-ring (bicyclic) bond motifs is 1. The van der Waals surface area contributed by atoms with E-state index in [1.54, 1.807) is 0 Å². The van der Waals surface area contributed by atoms with Crippen molar-refractivity contribution in [1.82, 2.24) is 4.98 Å². The van der Waals surface area contributed by atoms with Crippen LogP contribution >= 0.6 is 0 Å². The number of allylic oxidation sites excluding steroid dienone is 4. The maximum absolute atomic E-state index is 3.64. The van der Waals surface area contributed by atoms with Gasteiger partial charge in [0.2, 0.25) is 0 Å². The smallest absolute Gasteiger partial charge is 0.0541 e. The standard InChI is InChI=1S/C21H19N.H2/c1-2-5-13-17(12-4-1)21-20(16-10-6-3-7-11-16)18-14-8-9-15-19(18)22-21;/h3-4,6-15,22H,1-2,5H2;1H. The Kier molecular flexibility index (Phi) is 3.40. The molecule has 1 nitrogen and oxygen atoms in total. The Labute approximate surface area is 132 Å². The molecule has 0 aliphatic heterocycles. The van der Waals surface area contributed by atoms with E-state index in [9.17, 15) is 0 Å². The fourth-order valence-corrected chi connectivity index (χ4v) is 3.22. The maximum atomic E-state index is 3.64. The molecule has 0 spiro atoms. The van der Waals surface area contributed by atoms with Gasteiger partial charge in [-0.25, -0.2) is 0 Å². The number of aromatic nitrogens is 1. The first-order chi connectivity index (χ1) is 10.9. The quantitative estimate of drug-likeness (QED) is 0.577. The van der Waals surface area contributed by atoms with Crippen molar-refractivity contribution in [2.45, 2.75) is 19.3 Å². The average Bonchev–Trinajstić information content (AvgIpc) is 2.76. The van der Waals surface area contributed by atoms with Crippen LogP contribution in [0.1, 0.15) is 26.4 Å². The van der Waals surface area contributed by atoms with Crippen LogP contribution in [-0.2, 0) is 0 Å². The highest BCUT2D eigenvalue weighted by atomic mass is 14.7. The molecule has 1 aromatic heterocycles. The molecule has 22 heavy (non-hydrogen) atoms. The summed E-state index contributed by atoms with van der Waals surface area (Å²) in [6.45, 7) is 0. The predicted octanol–water partition coefficient (Wildman–Crippen LogP) is 6.20. The zero-order valence-electron chi connectivity index (χ0n) is 12.5. The summed E-state index contributed by atoms with van der Waals surface area (Å²) in [7, 11) is 0. The van der Waals surface area contributed by atoms with Gasteiger partial charge in [0.1, 0.15) is 0 Å². The number of nitrogens with one attached hydrogen (secondary N) is 1. The second-order valence-electron chi connectivity index (χ2n) is 5.78. The lowest BCUT2D eigenvalue weighted by molar-refractivity contribution is 0.876. The minimum atomic E-state index is 0. The van der Waals surface area contributed by atoms with Crippen molar-refractivity contribution in [3.8, 4) is 11.1 Å². The fraction of sp³-hybridized carbons (Fsp3) is 0.143. The van der Waals surface area contributed by atoms with Crippen molar-refractivity contribution in [2.24, 2.45) is 0 Å². The number of hydrogen-bond acceptors (Lipinski definition) is 0. The average molecular weight is 287 g/mol. The highest BCUT2D eigenvalue weighted by Gasteiger charge is 2.15. The third kappa shape index (κ3) is 2.29. The van der Waals surface area contributed by atoms with Crippen molar-refractivity contribution >= 4 is 16.5 Å². The molecule has 0 saturated carbocycles. The summed E-state index contributed by atoms with van der Waals surface area (Å²) in [5.41, 5.74) is 6.34. The number of benzene rings is 2. The van der Waals surface area contributed by atoms with Crippen LogP contribution in [0.25, 0.3) is 27.6 Å². The Morgan fingerprint density at radius 1 is 0.864 bits per heavy atom. The van der Waals surface area contributed by atoms with Gasteiger partial charge < -0.3 is 4.98 Å². The normalized spacial score (nSPS) is 14.8. The summed E-state index contributed by atoms with van der Waals surface area (Å²) in [6.07, 6.45) is 10.5. The Balaban J connectivity index is 0.00000156. The molecule has 1 N–H and O–H groups in total. The number of para-hydroxylation sites is 1. The molecular weight excluding hydrogens is 266 g/mol. The molecular formula is C21H21N. The SMILES string of the molecule is C1=CC(c2[nH]c3ccccc3c2-c2ccccc2)=CCCC1.[HH]. The van der Waals surface area contributed by atoms with E-state index in [0.29, 0.717) is 0 Å². The van der Waals surface area contributed by atoms with Crippen molar-refractivity contribution in [3.63, 3.8) is 0 Å². The van der Waals surface area contributed by atoms with Gasteiger partial charge in [0.15, 0.2) is 0 Å². The van der Waals surface area contributed by atoms with Gasteiger partial charge in [-0.1, -0.05) is 66.8 Å². The van der Waals surface area contributed by atoms with E-state index in [2.05, 4.69) is 77.8 Å². The van der Waals surface area contributed by atoms with Gasteiger partial charge in [-0.05, 0) is 36.5 Å². The molecule has 4 rings (SSSR count). The van der Waals surface area contributed by atoms with E-state index < -0.39 is 0 Å². The summed E-state index contributed by atoms with van der Waals surface area (Å²) in [5, 5.41) is 1.29. The lowest BCUT2D eigenvalue weighted by atomic mass is 9.98. The van der Waals surface area contributed by atoms with Gasteiger partial charge >= 0.3 is 0 Å². The van der Waals surface area contributed by atoms with Gasteiger partial charge in [-0.3, -0.25) is 0 Å². The minimum Gasteiger partial charge on any atom is -0.354 e. The lowest BCUT2D eigenvalue weighted by Crippen LogP contribution is -1.86. The minimum absolute atomic E-state index is 0. The van der Waals surface area contributed by atoms with E-state index >= 15 is 0 Å². The van der Waals surface area contributed by atoms with Gasteiger partial charge in [-0.15, -0.1) is 0 Å². The van der Waals surface area contributed by atoms with Gasteiger partial charge in [-0.2, -0.15) is 0 Å². The molecule has 1 aliphatic rings. The Hall–Kier alpha value is -2.54. The summed E-state index contributed by atoms with van der Waals surface area (Å²) < 4.78 is 0. The molecule has 2 aromatic carbocycles. The zero-order chi connectivity index (χ0) is 14.8. The summed E-state index contributed by atoms with van der Waals surface area (Å²) in [6, 6.07) is 19.3. The zero-order valence-corrected chi connectivity index (χ0v) is 12.5. The largest absolute Gasteiger partial charge is 0.354 e. The Bertz CT molecular complexity index is 856. The molecule has 3 aromatic rings. The maximum Gasteiger partial charge on any atom is 0.0541 e. The van der Waals surface area contributed by atoms with Crippen LogP contribution in [0.2, 0.25) is 0 Å². The van der Waals surface area contributed by atoms with Crippen molar-refractivity contribution < 1.29 is 1.43 Å². The lowest BCUT2D eigenvalue weighted by Gasteiger charge is -2.06. The number of rotatable bonds is 2. The summed E-state index contributed by atoms with van der Waals surface area (Å²) in [5.74, 6) is 0. The fourth-order valence-electron chi connectivity index (χ4n) is 3.22. The predicted molar refractivity (Wildman–Crippen MR) is 96.8 cm³/mol. The Morgan fingerprint density at radius 3 is 2.59 bits per heavy atom. The molecule has 0 saturated heterocycles. The first-order valence-corrected chi connectivity index (χ1v) is 7.97. The van der Waals surface area contributed by atoms with Crippen LogP contribution in [0.3, 0.4) is 0 Å². The monoisotopic (exact) mass is 287 g/mol. The molecule has 1 heterocycles. The molecule has 0 fully saturated rings. The third-order valence-electron chi connectivity index (χ3n) is 4.29. The molecule has 0 atom stereocenters. The molecule has 0 radical (unpaired) electrons. The number of hydrogen-bond donors (Lipinski definition) is 1. The third-order valence-corrected chi connectivity index (χ3v) is 4.29. The van der Waals surface area contributed by atoms with E-state index in [1.807, 2.05) is 0 Å². The van der Waals surface area contributed by atoms with Crippen LogP contribution in [0.15, 0.2) is 72.8 Å². The first-order valence-electron chi connectivity index (χ1n) is 7.97. The van der Waals surface area contributed by atoms with Crippen molar-refractivity contribution in [1.29, 1.82) is 0 Å². The number of aromatic amines is 1. The van der Waals surface area contributed by atoms with Crippen molar-refractivity contribution in [3.05, 3.63) is 78.5 Å². The molecule has 0 bridgehead atoms. The van der Waals surface area contributed by atoms with Crippen LogP contribution in [0.4, 0.5) is 0 Å². The second kappa shape index (κ2) is 5.69. The molecule has 0 amide bonds. The van der Waals surface area contributed by atoms with E-state index in [1.165, 1.54) is 46.1 Å². The summed E-state index contributed by atoms with van der Waals surface area (Å²) >= 11 is 0. The van der Waals surface area contributed by atoms with Gasteiger partial charge in [0.25, 0.3) is 0 Å². The second-order valence-corrected chi connectivity index (χ2v) is 5.78. The van der Waals surface area contributed by atoms with E-state index in [-0.39, 0.29) is 1.43 Å². The first kappa shape index (κ1) is 13.1. The number of H-pyrrole nitrogens is 1. The van der Waals surface area contributed by atoms with Gasteiger partial charge in [0, 0.05) is 17.9 Å². The van der Waals surface area contributed by atoms with E-state index in [4.69, 9.17) is 0 Å². The van der Waals surface area contributed by atoms with Crippen LogP contribution in [-0.4, -0.2) is 4.98 Å². The van der Waals surface area contributed by atoms with Crippen LogP contribution in [0.5, 0.6) is 0 Å². The van der Waals surface area contributed by atoms with Crippen LogP contribution < -0.4 is 0 Å². The molecule has 0 unspecified atom stereocenters. The van der Waals surface area contributed by atoms with E-state index in [0.717, 1.165) is 6.42 Å². The van der Waals surface area contributed by atoms with Crippen molar-refractivity contribution in [2.75, 3.05) is 0 Å². The van der Waals surface area contributed by atoms with Crippen LogP contribution in [0, 0.1) is 0 Å². The highest BCUT2D eigenvalue weighted by molar-refractivity contribution is 6.02. The molecule has 1 heteroatoms.